The number of sulfone groups is 1. The molecule has 0 radical (unpaired) electrons. The topological polar surface area (TPSA) is 118 Å². The van der Waals surface area contributed by atoms with Gasteiger partial charge in [0.1, 0.15) is 0 Å². The molecule has 7 nitrogen and oxygen atoms in total. The van der Waals surface area contributed by atoms with Crippen LogP contribution < -0.4 is 0 Å². The molecule has 1 fully saturated rings. The van der Waals surface area contributed by atoms with Crippen molar-refractivity contribution in [1.82, 2.24) is 0 Å². The van der Waals surface area contributed by atoms with E-state index in [1.54, 1.807) is 6.92 Å². The van der Waals surface area contributed by atoms with Crippen molar-refractivity contribution in [3.8, 4) is 0 Å². The minimum absolute atomic E-state index is 0.00680. The molecule has 20 heavy (non-hydrogen) atoms. The standard InChI is InChI=1S/C12H20O7S/c1-3-5-12(10(14)15,11(16)19-4-2)8-6-20(17,18)7-9(8)13/h8-9,13H,3-7H2,1-2H3,(H,14,15). The molecule has 1 heterocycles. The van der Waals surface area contributed by atoms with Crippen molar-refractivity contribution in [2.45, 2.75) is 32.8 Å². The average Bonchev–Trinajstić information content (AvgIpc) is 2.59. The highest BCUT2D eigenvalue weighted by atomic mass is 32.2. The Balaban J connectivity index is 3.29. The summed E-state index contributed by atoms with van der Waals surface area (Å²) in [7, 11) is -3.55. The summed E-state index contributed by atoms with van der Waals surface area (Å²) in [6, 6.07) is 0. The first-order valence-electron chi connectivity index (χ1n) is 6.50. The number of carbonyl (C=O) groups excluding carboxylic acids is 1. The number of carboxylic acids is 1. The number of carboxylic acid groups (broad SMARTS) is 1. The smallest absolute Gasteiger partial charge is 0.323 e. The van der Waals surface area contributed by atoms with Crippen LogP contribution in [0.4, 0.5) is 0 Å². The van der Waals surface area contributed by atoms with Crippen LogP contribution in [-0.2, 0) is 24.2 Å². The Morgan fingerprint density at radius 3 is 2.25 bits per heavy atom. The van der Waals surface area contributed by atoms with Crippen molar-refractivity contribution in [3.05, 3.63) is 0 Å². The fourth-order valence-electron chi connectivity index (χ4n) is 2.75. The van der Waals surface area contributed by atoms with E-state index in [1.165, 1.54) is 6.92 Å². The number of ether oxygens (including phenoxy) is 1. The van der Waals surface area contributed by atoms with E-state index in [2.05, 4.69) is 0 Å². The number of hydrogen-bond donors (Lipinski definition) is 2. The minimum Gasteiger partial charge on any atom is -0.480 e. The maximum atomic E-state index is 12.1. The van der Waals surface area contributed by atoms with Gasteiger partial charge in [-0.3, -0.25) is 9.59 Å². The lowest BCUT2D eigenvalue weighted by atomic mass is 9.70. The number of hydrogen-bond acceptors (Lipinski definition) is 6. The van der Waals surface area contributed by atoms with Gasteiger partial charge in [-0.15, -0.1) is 0 Å². The lowest BCUT2D eigenvalue weighted by molar-refractivity contribution is -0.176. The van der Waals surface area contributed by atoms with Crippen LogP contribution in [-0.4, -0.2) is 54.8 Å². The Morgan fingerprint density at radius 1 is 1.30 bits per heavy atom. The van der Waals surface area contributed by atoms with Gasteiger partial charge in [-0.1, -0.05) is 13.3 Å². The summed E-state index contributed by atoms with van der Waals surface area (Å²) >= 11 is 0. The van der Waals surface area contributed by atoms with Gasteiger partial charge in [-0.2, -0.15) is 0 Å². The zero-order chi connectivity index (χ0) is 15.6. The Labute approximate surface area is 117 Å². The minimum atomic E-state index is -3.55. The summed E-state index contributed by atoms with van der Waals surface area (Å²) in [5.74, 6) is -4.63. The van der Waals surface area contributed by atoms with E-state index in [0.717, 1.165) is 0 Å². The third-order valence-electron chi connectivity index (χ3n) is 3.62. The van der Waals surface area contributed by atoms with Crippen molar-refractivity contribution in [3.63, 3.8) is 0 Å². The lowest BCUT2D eigenvalue weighted by Crippen LogP contribution is -2.50. The van der Waals surface area contributed by atoms with Crippen LogP contribution in [0.3, 0.4) is 0 Å². The highest BCUT2D eigenvalue weighted by Crippen LogP contribution is 2.41. The van der Waals surface area contributed by atoms with Gasteiger partial charge in [-0.25, -0.2) is 8.42 Å². The molecule has 0 aromatic carbocycles. The lowest BCUT2D eigenvalue weighted by Gasteiger charge is -2.33. The average molecular weight is 308 g/mol. The number of esters is 1. The van der Waals surface area contributed by atoms with Crippen molar-refractivity contribution in [2.75, 3.05) is 18.1 Å². The molecular formula is C12H20O7S. The summed E-state index contributed by atoms with van der Waals surface area (Å²) in [6.45, 7) is 3.22. The predicted molar refractivity (Wildman–Crippen MR) is 69.8 cm³/mol. The van der Waals surface area contributed by atoms with Crippen molar-refractivity contribution in [1.29, 1.82) is 0 Å². The van der Waals surface area contributed by atoms with Gasteiger partial charge in [0, 0.05) is 5.92 Å². The maximum absolute atomic E-state index is 12.1. The van der Waals surface area contributed by atoms with Crippen LogP contribution in [0.15, 0.2) is 0 Å². The summed E-state index contributed by atoms with van der Waals surface area (Å²) in [5.41, 5.74) is -2.01. The van der Waals surface area contributed by atoms with Crippen LogP contribution in [0.25, 0.3) is 0 Å². The van der Waals surface area contributed by atoms with E-state index in [9.17, 15) is 28.2 Å². The molecule has 8 heteroatoms. The molecule has 0 amide bonds. The number of aliphatic hydroxyl groups is 1. The summed E-state index contributed by atoms with van der Waals surface area (Å²) in [5, 5.41) is 19.4. The van der Waals surface area contributed by atoms with Gasteiger partial charge < -0.3 is 14.9 Å². The fourth-order valence-corrected chi connectivity index (χ4v) is 4.69. The molecule has 0 aromatic rings. The van der Waals surface area contributed by atoms with Gasteiger partial charge in [0.05, 0.1) is 24.2 Å². The van der Waals surface area contributed by atoms with Crippen LogP contribution >= 0.6 is 0 Å². The van der Waals surface area contributed by atoms with Gasteiger partial charge in [0.25, 0.3) is 0 Å². The molecule has 0 spiro atoms. The van der Waals surface area contributed by atoms with Crippen molar-refractivity contribution >= 4 is 21.8 Å². The fraction of sp³-hybridized carbons (Fsp3) is 0.833. The second-order valence-corrected chi connectivity index (χ2v) is 7.15. The zero-order valence-electron chi connectivity index (χ0n) is 11.5. The second-order valence-electron chi connectivity index (χ2n) is 5.00. The molecule has 0 aromatic heterocycles. The van der Waals surface area contributed by atoms with Gasteiger partial charge >= 0.3 is 11.9 Å². The largest absolute Gasteiger partial charge is 0.480 e. The summed E-state index contributed by atoms with van der Waals surface area (Å²) in [6.07, 6.45) is -1.08. The Kier molecular flexibility index (Phi) is 5.15. The van der Waals surface area contributed by atoms with Crippen LogP contribution in [0.2, 0.25) is 0 Å². The van der Waals surface area contributed by atoms with Gasteiger partial charge in [0.15, 0.2) is 15.3 Å². The third-order valence-corrected chi connectivity index (χ3v) is 5.34. The molecular weight excluding hydrogens is 288 g/mol. The number of rotatable bonds is 6. The quantitative estimate of drug-likeness (QED) is 0.516. The highest BCUT2D eigenvalue weighted by Gasteiger charge is 2.59. The predicted octanol–water partition coefficient (Wildman–Crippen LogP) is -0.174. The Morgan fingerprint density at radius 2 is 1.90 bits per heavy atom. The Hall–Kier alpha value is -1.15. The second kappa shape index (κ2) is 6.09. The molecule has 1 aliphatic rings. The molecule has 0 aliphatic carbocycles. The molecule has 1 saturated heterocycles. The SMILES string of the molecule is CCCC(C(=O)O)(C(=O)OCC)C1CS(=O)(=O)CC1O. The maximum Gasteiger partial charge on any atom is 0.323 e. The van der Waals surface area contributed by atoms with Crippen molar-refractivity contribution < 1.29 is 33.0 Å². The molecule has 2 N–H and O–H groups in total. The molecule has 0 saturated carbocycles. The van der Waals surface area contributed by atoms with E-state index in [0.29, 0.717) is 6.42 Å². The number of aliphatic carboxylic acids is 1. The van der Waals surface area contributed by atoms with Crippen LogP contribution in [0.1, 0.15) is 26.7 Å². The van der Waals surface area contributed by atoms with E-state index < -0.39 is 50.7 Å². The molecule has 1 aliphatic heterocycles. The molecule has 1 rings (SSSR count). The first-order valence-corrected chi connectivity index (χ1v) is 8.32. The van der Waals surface area contributed by atoms with E-state index in [1.807, 2.05) is 0 Å². The number of aliphatic hydroxyl groups excluding tert-OH is 1. The monoisotopic (exact) mass is 308 g/mol. The van der Waals surface area contributed by atoms with Gasteiger partial charge in [-0.05, 0) is 13.3 Å². The first kappa shape index (κ1) is 16.9. The van der Waals surface area contributed by atoms with E-state index in [-0.39, 0.29) is 13.0 Å². The highest BCUT2D eigenvalue weighted by molar-refractivity contribution is 7.91. The Bertz CT molecular complexity index is 484. The van der Waals surface area contributed by atoms with Crippen LogP contribution in [0, 0.1) is 11.3 Å². The molecule has 0 bridgehead atoms. The van der Waals surface area contributed by atoms with Crippen LogP contribution in [0.5, 0.6) is 0 Å². The van der Waals surface area contributed by atoms with Crippen molar-refractivity contribution in [2.24, 2.45) is 11.3 Å². The third kappa shape index (κ3) is 2.95. The van der Waals surface area contributed by atoms with E-state index >= 15 is 0 Å². The number of carbonyl (C=O) groups is 2. The molecule has 3 unspecified atom stereocenters. The summed E-state index contributed by atoms with van der Waals surface area (Å²) in [4.78, 5) is 23.8. The molecule has 116 valence electrons. The zero-order valence-corrected chi connectivity index (χ0v) is 12.4. The van der Waals surface area contributed by atoms with Gasteiger partial charge in [0.2, 0.25) is 0 Å². The summed E-state index contributed by atoms with van der Waals surface area (Å²) < 4.78 is 28.0. The first-order chi connectivity index (χ1) is 9.21. The van der Waals surface area contributed by atoms with E-state index in [4.69, 9.17) is 4.74 Å². The molecule has 3 atom stereocenters. The normalized spacial score (nSPS) is 27.8.